The average molecular weight is 240 g/mol. The molecule has 1 N–H and O–H groups in total. The molecule has 0 bridgehead atoms. The average Bonchev–Trinajstić information content (AvgIpc) is 2.35. The van der Waals surface area contributed by atoms with Crippen LogP contribution in [0.4, 0.5) is 0 Å². The minimum Gasteiger partial charge on any atom is -0.379 e. The summed E-state index contributed by atoms with van der Waals surface area (Å²) in [6.45, 7) is 9.85. The third kappa shape index (κ3) is 3.67. The maximum Gasteiger partial charge on any atom is 0.0619 e. The predicted octanol–water partition coefficient (Wildman–Crippen LogP) is 1.88. The molecule has 1 saturated carbocycles. The minimum absolute atomic E-state index is 0.605. The zero-order valence-corrected chi connectivity index (χ0v) is 11.5. The second-order valence-electron chi connectivity index (χ2n) is 5.63. The summed E-state index contributed by atoms with van der Waals surface area (Å²) in [5, 5.41) is 3.68. The van der Waals surface area contributed by atoms with Gasteiger partial charge in [0, 0.05) is 25.2 Å². The van der Waals surface area contributed by atoms with E-state index >= 15 is 0 Å². The third-order valence-corrected chi connectivity index (χ3v) is 4.35. The Hall–Kier alpha value is -0.120. The van der Waals surface area contributed by atoms with Crippen LogP contribution in [0.2, 0.25) is 0 Å². The van der Waals surface area contributed by atoms with Crippen molar-refractivity contribution in [3.05, 3.63) is 0 Å². The summed E-state index contributed by atoms with van der Waals surface area (Å²) in [5.74, 6) is 0.851. The van der Waals surface area contributed by atoms with Crippen LogP contribution in [0.1, 0.15) is 39.5 Å². The van der Waals surface area contributed by atoms with E-state index in [-0.39, 0.29) is 0 Å². The molecule has 3 unspecified atom stereocenters. The van der Waals surface area contributed by atoms with Crippen LogP contribution in [0.25, 0.3) is 0 Å². The maximum atomic E-state index is 5.52. The third-order valence-electron chi connectivity index (χ3n) is 4.35. The minimum atomic E-state index is 0.605. The highest BCUT2D eigenvalue weighted by atomic mass is 16.5. The fraction of sp³-hybridized carbons (Fsp3) is 1.00. The van der Waals surface area contributed by atoms with Crippen molar-refractivity contribution in [2.24, 2.45) is 5.92 Å². The zero-order chi connectivity index (χ0) is 12.1. The van der Waals surface area contributed by atoms with E-state index in [2.05, 4.69) is 24.1 Å². The van der Waals surface area contributed by atoms with Gasteiger partial charge < -0.3 is 10.1 Å². The lowest BCUT2D eigenvalue weighted by molar-refractivity contribution is -0.0123. The molecule has 1 aliphatic heterocycles. The summed E-state index contributed by atoms with van der Waals surface area (Å²) < 4.78 is 5.52. The molecule has 0 amide bonds. The Bertz CT molecular complexity index is 220. The molecular formula is C14H28N2O. The summed E-state index contributed by atoms with van der Waals surface area (Å²) >= 11 is 0. The molecule has 0 aromatic carbocycles. The van der Waals surface area contributed by atoms with Gasteiger partial charge in [-0.25, -0.2) is 0 Å². The lowest BCUT2D eigenvalue weighted by atomic mass is 9.84. The van der Waals surface area contributed by atoms with Gasteiger partial charge >= 0.3 is 0 Å². The number of hydrogen-bond acceptors (Lipinski definition) is 3. The van der Waals surface area contributed by atoms with Crippen molar-refractivity contribution in [2.75, 3.05) is 32.8 Å². The molecule has 0 aromatic heterocycles. The Kier molecular flexibility index (Phi) is 5.26. The van der Waals surface area contributed by atoms with Crippen LogP contribution >= 0.6 is 0 Å². The second kappa shape index (κ2) is 6.72. The molecule has 1 heterocycles. The molecule has 17 heavy (non-hydrogen) atoms. The van der Waals surface area contributed by atoms with Crippen LogP contribution in [0, 0.1) is 5.92 Å². The van der Waals surface area contributed by atoms with Gasteiger partial charge in [0.15, 0.2) is 0 Å². The van der Waals surface area contributed by atoms with Gasteiger partial charge in [-0.2, -0.15) is 0 Å². The fourth-order valence-corrected chi connectivity index (χ4v) is 3.29. The monoisotopic (exact) mass is 240 g/mol. The predicted molar refractivity (Wildman–Crippen MR) is 71.3 cm³/mol. The molecule has 1 aliphatic carbocycles. The number of nitrogens with zero attached hydrogens (tertiary/aromatic N) is 1. The summed E-state index contributed by atoms with van der Waals surface area (Å²) in [6, 6.07) is 1.36. The van der Waals surface area contributed by atoms with Crippen molar-refractivity contribution in [3.63, 3.8) is 0 Å². The normalized spacial score (nSPS) is 36.0. The molecular weight excluding hydrogens is 212 g/mol. The van der Waals surface area contributed by atoms with Crippen molar-refractivity contribution in [2.45, 2.75) is 51.6 Å². The van der Waals surface area contributed by atoms with E-state index in [0.29, 0.717) is 6.04 Å². The first-order chi connectivity index (χ1) is 8.31. The molecule has 2 fully saturated rings. The van der Waals surface area contributed by atoms with Gasteiger partial charge in [0.1, 0.15) is 0 Å². The van der Waals surface area contributed by atoms with Crippen molar-refractivity contribution >= 4 is 0 Å². The van der Waals surface area contributed by atoms with Gasteiger partial charge in [0.2, 0.25) is 0 Å². The highest BCUT2D eigenvalue weighted by Gasteiger charge is 2.28. The van der Waals surface area contributed by atoms with Crippen LogP contribution in [-0.4, -0.2) is 49.8 Å². The van der Waals surface area contributed by atoms with Crippen LogP contribution in [-0.2, 0) is 4.74 Å². The molecule has 0 spiro atoms. The molecule has 100 valence electrons. The lowest BCUT2D eigenvalue weighted by Gasteiger charge is -2.40. The van der Waals surface area contributed by atoms with Gasteiger partial charge in [-0.05, 0) is 32.2 Å². The number of nitrogens with one attached hydrogen (secondary N) is 1. The largest absolute Gasteiger partial charge is 0.379 e. The Balaban J connectivity index is 1.85. The molecule has 3 heteroatoms. The Morgan fingerprint density at radius 1 is 1.29 bits per heavy atom. The maximum absolute atomic E-state index is 5.52. The first-order valence-corrected chi connectivity index (χ1v) is 7.36. The van der Waals surface area contributed by atoms with E-state index in [0.717, 1.165) is 38.3 Å². The fourth-order valence-electron chi connectivity index (χ4n) is 3.29. The number of hydrogen-bond donors (Lipinski definition) is 1. The van der Waals surface area contributed by atoms with Crippen LogP contribution in [0.15, 0.2) is 0 Å². The van der Waals surface area contributed by atoms with Gasteiger partial charge in [0.25, 0.3) is 0 Å². The summed E-state index contributed by atoms with van der Waals surface area (Å²) in [7, 11) is 0. The molecule has 1 saturated heterocycles. The topological polar surface area (TPSA) is 24.5 Å². The van der Waals surface area contributed by atoms with Gasteiger partial charge in [0.05, 0.1) is 13.2 Å². The molecule has 0 aromatic rings. The first kappa shape index (κ1) is 13.3. The summed E-state index contributed by atoms with van der Waals surface area (Å²) in [6.07, 6.45) is 5.61. The van der Waals surface area contributed by atoms with E-state index < -0.39 is 0 Å². The van der Waals surface area contributed by atoms with Crippen molar-refractivity contribution in [1.82, 2.24) is 10.2 Å². The van der Waals surface area contributed by atoms with Crippen LogP contribution in [0.5, 0.6) is 0 Å². The van der Waals surface area contributed by atoms with Gasteiger partial charge in [-0.1, -0.05) is 19.8 Å². The number of morpholine rings is 1. The van der Waals surface area contributed by atoms with E-state index in [1.54, 1.807) is 0 Å². The van der Waals surface area contributed by atoms with Crippen molar-refractivity contribution in [3.8, 4) is 0 Å². The highest BCUT2D eigenvalue weighted by molar-refractivity contribution is 4.84. The first-order valence-electron chi connectivity index (χ1n) is 7.36. The number of ether oxygens (including phenoxy) is 1. The smallest absolute Gasteiger partial charge is 0.0619 e. The molecule has 2 aliphatic rings. The van der Waals surface area contributed by atoms with Crippen LogP contribution < -0.4 is 5.32 Å². The van der Waals surface area contributed by atoms with E-state index in [4.69, 9.17) is 4.74 Å². The standard InChI is InChI=1S/C14H28N2O/c1-3-15-14-7-5-4-6-13(14)10-16-8-9-17-11-12(16)2/h12-15H,3-11H2,1-2H3. The second-order valence-corrected chi connectivity index (χ2v) is 5.63. The molecule has 0 radical (unpaired) electrons. The zero-order valence-electron chi connectivity index (χ0n) is 11.5. The van der Waals surface area contributed by atoms with E-state index in [1.807, 2.05) is 0 Å². The summed E-state index contributed by atoms with van der Waals surface area (Å²) in [5.41, 5.74) is 0. The molecule has 2 rings (SSSR count). The lowest BCUT2D eigenvalue weighted by Crippen LogP contribution is -2.50. The van der Waals surface area contributed by atoms with Crippen LogP contribution in [0.3, 0.4) is 0 Å². The summed E-state index contributed by atoms with van der Waals surface area (Å²) in [4.78, 5) is 2.63. The van der Waals surface area contributed by atoms with Gasteiger partial charge in [-0.15, -0.1) is 0 Å². The molecule has 3 nitrogen and oxygen atoms in total. The Labute approximate surface area is 106 Å². The van der Waals surface area contributed by atoms with Crippen molar-refractivity contribution < 1.29 is 4.74 Å². The van der Waals surface area contributed by atoms with Crippen molar-refractivity contribution in [1.29, 1.82) is 0 Å². The SMILES string of the molecule is CCNC1CCCCC1CN1CCOCC1C. The Morgan fingerprint density at radius 2 is 2.12 bits per heavy atom. The van der Waals surface area contributed by atoms with E-state index in [1.165, 1.54) is 32.2 Å². The van der Waals surface area contributed by atoms with E-state index in [9.17, 15) is 0 Å². The highest BCUT2D eigenvalue weighted by Crippen LogP contribution is 2.26. The number of rotatable bonds is 4. The Morgan fingerprint density at radius 3 is 2.88 bits per heavy atom. The molecule has 3 atom stereocenters. The van der Waals surface area contributed by atoms with Gasteiger partial charge in [-0.3, -0.25) is 4.90 Å². The quantitative estimate of drug-likeness (QED) is 0.812.